The molecule has 2 aromatic carbocycles. The number of benzene rings is 2. The maximum atomic E-state index is 12.7. The summed E-state index contributed by atoms with van der Waals surface area (Å²) in [5.74, 6) is 2.18. The van der Waals surface area contributed by atoms with E-state index in [0.717, 1.165) is 41.6 Å². The summed E-state index contributed by atoms with van der Waals surface area (Å²) in [5.41, 5.74) is 3.26. The molecule has 4 rings (SSSR count). The molecule has 1 unspecified atom stereocenters. The second kappa shape index (κ2) is 10.3. The lowest BCUT2D eigenvalue weighted by molar-refractivity contribution is -0.120. The van der Waals surface area contributed by atoms with Crippen LogP contribution in [0.15, 0.2) is 53.3 Å². The van der Waals surface area contributed by atoms with E-state index in [1.54, 1.807) is 20.3 Å². The number of nitrogens with zero attached hydrogens (tertiary/aromatic N) is 1. The lowest BCUT2D eigenvalue weighted by Crippen LogP contribution is -2.30. The average Bonchev–Trinajstić information content (AvgIpc) is 3.06. The van der Waals surface area contributed by atoms with Crippen LogP contribution in [-0.2, 0) is 24.1 Å². The molecule has 0 saturated heterocycles. The van der Waals surface area contributed by atoms with E-state index in [1.165, 1.54) is 0 Å². The highest BCUT2D eigenvalue weighted by molar-refractivity contribution is 5.79. The predicted molar refractivity (Wildman–Crippen MR) is 127 cm³/mol. The number of carbonyl (C=O) groups excluding carboxylic acids is 1. The van der Waals surface area contributed by atoms with Gasteiger partial charge in [0, 0.05) is 23.2 Å². The number of aromatic nitrogens is 2. The Bertz CT molecular complexity index is 1170. The van der Waals surface area contributed by atoms with E-state index < -0.39 is 0 Å². The van der Waals surface area contributed by atoms with Gasteiger partial charge in [0.05, 0.1) is 26.3 Å². The molecule has 33 heavy (non-hydrogen) atoms. The first-order valence-corrected chi connectivity index (χ1v) is 11.2. The van der Waals surface area contributed by atoms with E-state index in [2.05, 4.69) is 10.3 Å². The number of fused-ring (bicyclic) bond motifs is 1. The number of carbonyl (C=O) groups is 1. The van der Waals surface area contributed by atoms with Crippen molar-refractivity contribution in [3.8, 4) is 22.9 Å². The van der Waals surface area contributed by atoms with Crippen LogP contribution in [0.5, 0.6) is 11.5 Å². The van der Waals surface area contributed by atoms with E-state index in [1.807, 2.05) is 42.5 Å². The third-order valence-corrected chi connectivity index (χ3v) is 6.17. The summed E-state index contributed by atoms with van der Waals surface area (Å²) in [6, 6.07) is 15.1. The van der Waals surface area contributed by atoms with Crippen molar-refractivity contribution in [2.75, 3.05) is 20.8 Å². The van der Waals surface area contributed by atoms with Crippen LogP contribution >= 0.6 is 0 Å². The van der Waals surface area contributed by atoms with Gasteiger partial charge < -0.3 is 19.8 Å². The summed E-state index contributed by atoms with van der Waals surface area (Å²) in [6.45, 7) is 0.572. The molecule has 0 spiro atoms. The highest BCUT2D eigenvalue weighted by atomic mass is 16.5. The number of nitrogens with one attached hydrogen (secondary N) is 2. The van der Waals surface area contributed by atoms with E-state index in [9.17, 15) is 9.59 Å². The van der Waals surface area contributed by atoms with E-state index >= 15 is 0 Å². The molecule has 0 bridgehead atoms. The molecular weight excluding hydrogens is 418 g/mol. The lowest BCUT2D eigenvalue weighted by Gasteiger charge is -2.15. The molecule has 172 valence electrons. The largest absolute Gasteiger partial charge is 0.497 e. The third kappa shape index (κ3) is 5.42. The molecule has 0 saturated carbocycles. The Balaban J connectivity index is 1.38. The number of aryl methyl sites for hydroxylation is 1. The zero-order chi connectivity index (χ0) is 23.2. The van der Waals surface area contributed by atoms with Gasteiger partial charge in [0.15, 0.2) is 0 Å². The molecule has 7 heteroatoms. The fourth-order valence-corrected chi connectivity index (χ4v) is 4.29. The minimum absolute atomic E-state index is 0.0614. The van der Waals surface area contributed by atoms with Crippen LogP contribution in [0.2, 0.25) is 0 Å². The average molecular weight is 448 g/mol. The van der Waals surface area contributed by atoms with Gasteiger partial charge in [-0.3, -0.25) is 9.59 Å². The maximum Gasteiger partial charge on any atom is 0.254 e. The monoisotopic (exact) mass is 447 g/mol. The van der Waals surface area contributed by atoms with Gasteiger partial charge in [-0.2, -0.15) is 0 Å². The SMILES string of the molecule is COc1ccc(OC)c(CC(=O)NCC2CCc3nc(-c4ccccc4)[nH]c(=O)c3CC2)c1. The van der Waals surface area contributed by atoms with Crippen molar-refractivity contribution in [3.05, 3.63) is 75.7 Å². The summed E-state index contributed by atoms with van der Waals surface area (Å²) < 4.78 is 10.6. The zero-order valence-corrected chi connectivity index (χ0v) is 19.0. The molecule has 0 aliphatic heterocycles. The van der Waals surface area contributed by atoms with Gasteiger partial charge in [0.25, 0.3) is 5.56 Å². The third-order valence-electron chi connectivity index (χ3n) is 6.17. The first-order chi connectivity index (χ1) is 16.1. The Morgan fingerprint density at radius 2 is 1.88 bits per heavy atom. The quantitative estimate of drug-likeness (QED) is 0.542. The van der Waals surface area contributed by atoms with Crippen molar-refractivity contribution in [1.82, 2.24) is 15.3 Å². The van der Waals surface area contributed by atoms with Gasteiger partial charge in [0.2, 0.25) is 5.91 Å². The molecule has 1 amide bonds. The number of hydrogen-bond acceptors (Lipinski definition) is 5. The van der Waals surface area contributed by atoms with E-state index in [-0.39, 0.29) is 23.8 Å². The smallest absolute Gasteiger partial charge is 0.254 e. The van der Waals surface area contributed by atoms with Crippen molar-refractivity contribution in [3.63, 3.8) is 0 Å². The molecule has 1 aromatic heterocycles. The first-order valence-electron chi connectivity index (χ1n) is 11.2. The molecule has 7 nitrogen and oxygen atoms in total. The van der Waals surface area contributed by atoms with Gasteiger partial charge in [-0.05, 0) is 49.8 Å². The van der Waals surface area contributed by atoms with Gasteiger partial charge in [-0.15, -0.1) is 0 Å². The van der Waals surface area contributed by atoms with Crippen molar-refractivity contribution < 1.29 is 14.3 Å². The predicted octanol–water partition coefficient (Wildman–Crippen LogP) is 3.31. The van der Waals surface area contributed by atoms with E-state index in [4.69, 9.17) is 14.5 Å². The molecular formula is C26H29N3O4. The van der Waals surface area contributed by atoms with Crippen molar-refractivity contribution in [1.29, 1.82) is 0 Å². The number of ether oxygens (including phenoxy) is 2. The molecule has 0 radical (unpaired) electrons. The Morgan fingerprint density at radius 3 is 2.64 bits per heavy atom. The van der Waals surface area contributed by atoms with Gasteiger partial charge in [0.1, 0.15) is 17.3 Å². The normalized spacial score (nSPS) is 15.3. The topological polar surface area (TPSA) is 93.3 Å². The standard InChI is InChI=1S/C26H29N3O4/c1-32-20-10-13-23(33-2)19(14-20)15-24(30)27-16-17-8-11-21-22(12-9-17)28-25(29-26(21)31)18-6-4-3-5-7-18/h3-7,10,13-14,17H,8-9,11-12,15-16H2,1-2H3,(H,27,30)(H,28,29,31). The highest BCUT2D eigenvalue weighted by Crippen LogP contribution is 2.25. The fourth-order valence-electron chi connectivity index (χ4n) is 4.29. The van der Waals surface area contributed by atoms with Crippen LogP contribution in [0.25, 0.3) is 11.4 Å². The molecule has 1 heterocycles. The van der Waals surface area contributed by atoms with Crippen LogP contribution in [-0.4, -0.2) is 36.6 Å². The Morgan fingerprint density at radius 1 is 1.09 bits per heavy atom. The lowest BCUT2D eigenvalue weighted by atomic mass is 9.99. The fraction of sp³-hybridized carbons (Fsp3) is 0.346. The minimum Gasteiger partial charge on any atom is -0.497 e. The summed E-state index contributed by atoms with van der Waals surface area (Å²) in [6.07, 6.45) is 3.32. The molecule has 1 atom stereocenters. The number of rotatable bonds is 7. The van der Waals surface area contributed by atoms with Crippen molar-refractivity contribution >= 4 is 5.91 Å². The van der Waals surface area contributed by atoms with E-state index in [0.29, 0.717) is 30.3 Å². The molecule has 2 N–H and O–H groups in total. The van der Waals surface area contributed by atoms with Crippen molar-refractivity contribution in [2.45, 2.75) is 32.1 Å². The maximum absolute atomic E-state index is 12.7. The first kappa shape index (κ1) is 22.6. The van der Waals surface area contributed by atoms with Crippen molar-refractivity contribution in [2.24, 2.45) is 5.92 Å². The van der Waals surface area contributed by atoms with Crippen LogP contribution < -0.4 is 20.3 Å². The summed E-state index contributed by atoms with van der Waals surface area (Å²) in [7, 11) is 3.18. The van der Waals surface area contributed by atoms with Crippen LogP contribution in [0, 0.1) is 5.92 Å². The molecule has 1 aliphatic rings. The molecule has 3 aromatic rings. The van der Waals surface area contributed by atoms with Gasteiger partial charge in [-0.25, -0.2) is 4.98 Å². The molecule has 1 aliphatic carbocycles. The Hall–Kier alpha value is -3.61. The highest BCUT2D eigenvalue weighted by Gasteiger charge is 2.21. The number of H-pyrrole nitrogens is 1. The second-order valence-corrected chi connectivity index (χ2v) is 8.31. The molecule has 0 fully saturated rings. The number of hydrogen-bond donors (Lipinski definition) is 2. The Labute approximate surface area is 193 Å². The summed E-state index contributed by atoms with van der Waals surface area (Å²) in [5, 5.41) is 3.05. The van der Waals surface area contributed by atoms with Crippen LogP contribution in [0.1, 0.15) is 29.7 Å². The number of methoxy groups -OCH3 is 2. The Kier molecular flexibility index (Phi) is 7.07. The van der Waals surface area contributed by atoms with Gasteiger partial charge in [-0.1, -0.05) is 30.3 Å². The summed E-state index contributed by atoms with van der Waals surface area (Å²) >= 11 is 0. The van der Waals surface area contributed by atoms with Gasteiger partial charge >= 0.3 is 0 Å². The zero-order valence-electron chi connectivity index (χ0n) is 19.0. The van der Waals surface area contributed by atoms with Crippen LogP contribution in [0.4, 0.5) is 0 Å². The number of amides is 1. The summed E-state index contributed by atoms with van der Waals surface area (Å²) in [4.78, 5) is 33.0. The van der Waals surface area contributed by atoms with Crippen LogP contribution in [0.3, 0.4) is 0 Å². The second-order valence-electron chi connectivity index (χ2n) is 8.31. The minimum atomic E-state index is -0.0642. The number of aromatic amines is 1.